The second-order valence-electron chi connectivity index (χ2n) is 2.05. The van der Waals surface area contributed by atoms with Crippen molar-refractivity contribution in [2.75, 3.05) is 7.11 Å². The Balaban J connectivity index is 2.65. The number of hydrogen-bond donors (Lipinski definition) is 0. The Labute approximate surface area is 88.2 Å². The van der Waals surface area contributed by atoms with Crippen molar-refractivity contribution in [2.45, 2.75) is 3.73 Å². The Hall–Kier alpha value is 0.119. The number of benzene rings is 1. The first-order chi connectivity index (χ1) is 5.72. The standard InChI is InChI=1S/C8H8Cl2OSe/c1-11-6-2-4-7(5-3-6)12-8(9)10/h2-5,8H,1H3. The molecule has 0 aliphatic rings. The molecule has 0 aromatic heterocycles. The van der Waals surface area contributed by atoms with Crippen molar-refractivity contribution in [2.24, 2.45) is 0 Å². The van der Waals surface area contributed by atoms with Crippen LogP contribution in [0.5, 0.6) is 5.75 Å². The summed E-state index contributed by atoms with van der Waals surface area (Å²) in [5.41, 5.74) is 0. The summed E-state index contributed by atoms with van der Waals surface area (Å²) >= 11 is 11.4. The molecule has 0 radical (unpaired) electrons. The van der Waals surface area contributed by atoms with Gasteiger partial charge in [0.15, 0.2) is 0 Å². The van der Waals surface area contributed by atoms with Gasteiger partial charge in [0.25, 0.3) is 0 Å². The van der Waals surface area contributed by atoms with E-state index in [1.807, 2.05) is 24.3 Å². The molecule has 0 N–H and O–H groups in total. The fourth-order valence-corrected chi connectivity index (χ4v) is 2.87. The minimum absolute atomic E-state index is 0.134. The molecule has 0 amide bonds. The first kappa shape index (κ1) is 10.2. The van der Waals surface area contributed by atoms with Crippen LogP contribution in [-0.2, 0) is 0 Å². The molecule has 0 unspecified atom stereocenters. The van der Waals surface area contributed by atoms with Gasteiger partial charge in [-0.05, 0) is 0 Å². The van der Waals surface area contributed by atoms with Crippen LogP contribution in [0.2, 0.25) is 0 Å². The van der Waals surface area contributed by atoms with Gasteiger partial charge < -0.3 is 0 Å². The van der Waals surface area contributed by atoms with Gasteiger partial charge in [-0.3, -0.25) is 0 Å². The van der Waals surface area contributed by atoms with Gasteiger partial charge in [0.1, 0.15) is 0 Å². The third-order valence-corrected chi connectivity index (χ3v) is 3.73. The summed E-state index contributed by atoms with van der Waals surface area (Å²) in [7, 11) is 1.64. The number of hydrogen-bond acceptors (Lipinski definition) is 1. The van der Waals surface area contributed by atoms with Crippen molar-refractivity contribution in [1.82, 2.24) is 0 Å². The molecular weight excluding hydrogens is 262 g/mol. The normalized spacial score (nSPS) is 10.3. The second kappa shape index (κ2) is 4.98. The van der Waals surface area contributed by atoms with Crippen molar-refractivity contribution in [1.29, 1.82) is 0 Å². The topological polar surface area (TPSA) is 9.23 Å². The van der Waals surface area contributed by atoms with Crippen molar-refractivity contribution in [3.63, 3.8) is 0 Å². The molecule has 12 heavy (non-hydrogen) atoms. The van der Waals surface area contributed by atoms with E-state index in [1.54, 1.807) is 7.11 Å². The van der Waals surface area contributed by atoms with Crippen LogP contribution >= 0.6 is 23.2 Å². The minimum atomic E-state index is -0.272. The Morgan fingerprint density at radius 2 is 1.83 bits per heavy atom. The van der Waals surface area contributed by atoms with Gasteiger partial charge >= 0.3 is 88.2 Å². The molecule has 66 valence electrons. The van der Waals surface area contributed by atoms with Gasteiger partial charge in [0.2, 0.25) is 0 Å². The molecule has 0 heterocycles. The van der Waals surface area contributed by atoms with Crippen LogP contribution in [0.15, 0.2) is 24.3 Å². The average molecular weight is 270 g/mol. The fourth-order valence-electron chi connectivity index (χ4n) is 0.757. The van der Waals surface area contributed by atoms with E-state index in [1.165, 1.54) is 4.46 Å². The molecule has 0 aliphatic carbocycles. The summed E-state index contributed by atoms with van der Waals surface area (Å²) in [5.74, 6) is 0.857. The fraction of sp³-hybridized carbons (Fsp3) is 0.250. The molecule has 0 saturated carbocycles. The maximum absolute atomic E-state index is 5.65. The zero-order valence-corrected chi connectivity index (χ0v) is 9.68. The van der Waals surface area contributed by atoms with Crippen LogP contribution in [0.4, 0.5) is 0 Å². The number of alkyl halides is 2. The molecule has 4 heteroatoms. The number of methoxy groups -OCH3 is 1. The van der Waals surface area contributed by atoms with Crippen LogP contribution in [-0.4, -0.2) is 25.8 Å². The third kappa shape index (κ3) is 3.24. The number of ether oxygens (including phenoxy) is 1. The van der Waals surface area contributed by atoms with E-state index in [0.717, 1.165) is 5.75 Å². The Kier molecular flexibility index (Phi) is 4.23. The second-order valence-corrected chi connectivity index (χ2v) is 6.80. The van der Waals surface area contributed by atoms with Crippen molar-refractivity contribution < 1.29 is 4.74 Å². The maximum atomic E-state index is 5.65. The van der Waals surface area contributed by atoms with Gasteiger partial charge in [-0.2, -0.15) is 0 Å². The van der Waals surface area contributed by atoms with Gasteiger partial charge in [-0.15, -0.1) is 0 Å². The Morgan fingerprint density at radius 3 is 2.25 bits per heavy atom. The van der Waals surface area contributed by atoms with Crippen LogP contribution in [0.25, 0.3) is 0 Å². The third-order valence-electron chi connectivity index (χ3n) is 1.28. The Bertz CT molecular complexity index is 235. The van der Waals surface area contributed by atoms with Gasteiger partial charge in [-0.1, -0.05) is 0 Å². The quantitative estimate of drug-likeness (QED) is 0.601. The molecule has 0 spiro atoms. The molecule has 0 saturated heterocycles. The summed E-state index contributed by atoms with van der Waals surface area (Å²) in [5, 5.41) is 0. The average Bonchev–Trinajstić information content (AvgIpc) is 2.05. The van der Waals surface area contributed by atoms with E-state index in [0.29, 0.717) is 0 Å². The van der Waals surface area contributed by atoms with Crippen LogP contribution in [0.3, 0.4) is 0 Å². The predicted molar refractivity (Wildman–Crippen MR) is 53.9 cm³/mol. The Morgan fingerprint density at radius 1 is 1.25 bits per heavy atom. The van der Waals surface area contributed by atoms with Crippen LogP contribution in [0.1, 0.15) is 0 Å². The summed E-state index contributed by atoms with van der Waals surface area (Å²) in [6.07, 6.45) is 0. The predicted octanol–water partition coefficient (Wildman–Crippen LogP) is 1.79. The molecule has 0 bridgehead atoms. The zero-order valence-electron chi connectivity index (χ0n) is 6.46. The number of halogens is 2. The van der Waals surface area contributed by atoms with Gasteiger partial charge in [0, 0.05) is 0 Å². The zero-order chi connectivity index (χ0) is 8.97. The molecule has 1 aromatic carbocycles. The summed E-state index contributed by atoms with van der Waals surface area (Å²) in [4.78, 5) is 0. The van der Waals surface area contributed by atoms with E-state index in [9.17, 15) is 0 Å². The SMILES string of the molecule is COc1ccc([Se]C(Cl)Cl)cc1. The first-order valence-corrected chi connectivity index (χ1v) is 6.03. The van der Waals surface area contributed by atoms with E-state index in [2.05, 4.69) is 0 Å². The number of rotatable bonds is 3. The van der Waals surface area contributed by atoms with E-state index in [-0.39, 0.29) is 18.7 Å². The molecule has 1 aromatic rings. The van der Waals surface area contributed by atoms with Crippen molar-refractivity contribution in [3.05, 3.63) is 24.3 Å². The van der Waals surface area contributed by atoms with E-state index >= 15 is 0 Å². The molecule has 0 fully saturated rings. The molecule has 1 nitrogen and oxygen atoms in total. The molecule has 0 aliphatic heterocycles. The summed E-state index contributed by atoms with van der Waals surface area (Å²) in [6.45, 7) is 0. The monoisotopic (exact) mass is 270 g/mol. The first-order valence-electron chi connectivity index (χ1n) is 3.31. The van der Waals surface area contributed by atoms with Crippen LogP contribution < -0.4 is 9.20 Å². The van der Waals surface area contributed by atoms with Crippen molar-refractivity contribution in [3.8, 4) is 5.75 Å². The van der Waals surface area contributed by atoms with E-state index < -0.39 is 0 Å². The van der Waals surface area contributed by atoms with E-state index in [4.69, 9.17) is 27.9 Å². The molecular formula is C8H8Cl2OSe. The van der Waals surface area contributed by atoms with Crippen LogP contribution in [0, 0.1) is 0 Å². The summed E-state index contributed by atoms with van der Waals surface area (Å²) < 4.78 is 5.92. The van der Waals surface area contributed by atoms with Gasteiger partial charge in [0.05, 0.1) is 0 Å². The van der Waals surface area contributed by atoms with Crippen molar-refractivity contribution >= 4 is 42.6 Å². The van der Waals surface area contributed by atoms with Gasteiger partial charge in [-0.25, -0.2) is 0 Å². The molecule has 1 rings (SSSR count). The molecule has 0 atom stereocenters. The summed E-state index contributed by atoms with van der Waals surface area (Å²) in [6, 6.07) is 7.79.